The van der Waals surface area contributed by atoms with Crippen LogP contribution in [0.3, 0.4) is 0 Å². The average Bonchev–Trinajstić information content (AvgIpc) is 1.96. The van der Waals surface area contributed by atoms with Crippen LogP contribution in [0.4, 0.5) is 0 Å². The van der Waals surface area contributed by atoms with E-state index in [1.165, 1.54) is 0 Å². The average molecular weight is 168 g/mol. The van der Waals surface area contributed by atoms with Crippen LogP contribution < -0.4 is 0 Å². The summed E-state index contributed by atoms with van der Waals surface area (Å²) in [5.41, 5.74) is 0. The molecule has 0 aromatic rings. The lowest BCUT2D eigenvalue weighted by Crippen LogP contribution is -2.22. The Morgan fingerprint density at radius 3 is 2.50 bits per heavy atom. The van der Waals surface area contributed by atoms with Crippen molar-refractivity contribution in [1.82, 2.24) is 0 Å². The quantitative estimate of drug-likeness (QED) is 0.610. The fourth-order valence-electron chi connectivity index (χ4n) is 1.72. The van der Waals surface area contributed by atoms with Crippen LogP contribution >= 0.6 is 0 Å². The first-order valence-corrected chi connectivity index (χ1v) is 4.59. The molecular weight excluding hydrogens is 152 g/mol. The molecule has 0 radical (unpaired) electrons. The minimum Gasteiger partial charge on any atom is -0.481 e. The lowest BCUT2D eigenvalue weighted by atomic mass is 9.85. The van der Waals surface area contributed by atoms with Crippen molar-refractivity contribution in [3.8, 4) is 0 Å². The van der Waals surface area contributed by atoms with Crippen molar-refractivity contribution < 1.29 is 9.90 Å². The Morgan fingerprint density at radius 1 is 1.33 bits per heavy atom. The molecule has 1 aliphatic carbocycles. The van der Waals surface area contributed by atoms with Crippen LogP contribution in [0, 0.1) is 11.8 Å². The van der Waals surface area contributed by atoms with Crippen molar-refractivity contribution in [3.63, 3.8) is 0 Å². The minimum absolute atomic E-state index is 0.130. The summed E-state index contributed by atoms with van der Waals surface area (Å²) in [7, 11) is 0. The Bertz CT molecular complexity index is 184. The van der Waals surface area contributed by atoms with Crippen molar-refractivity contribution in [1.29, 1.82) is 0 Å². The zero-order valence-electron chi connectivity index (χ0n) is 7.49. The van der Waals surface area contributed by atoms with Crippen molar-refractivity contribution in [2.45, 2.75) is 32.6 Å². The summed E-state index contributed by atoms with van der Waals surface area (Å²) < 4.78 is 0. The Hall–Kier alpha value is -0.790. The summed E-state index contributed by atoms with van der Waals surface area (Å²) in [4.78, 5) is 10.8. The van der Waals surface area contributed by atoms with Gasteiger partial charge in [-0.15, -0.1) is 0 Å². The van der Waals surface area contributed by atoms with Gasteiger partial charge >= 0.3 is 5.97 Å². The molecule has 0 spiro atoms. The molecule has 0 fully saturated rings. The summed E-state index contributed by atoms with van der Waals surface area (Å²) in [6.45, 7) is 2.04. The maximum atomic E-state index is 10.8. The monoisotopic (exact) mass is 168 g/mol. The molecule has 0 unspecified atom stereocenters. The molecule has 1 N–H and O–H groups in total. The van der Waals surface area contributed by atoms with E-state index in [9.17, 15) is 4.79 Å². The number of carbonyl (C=O) groups is 1. The third kappa shape index (κ3) is 2.36. The molecule has 68 valence electrons. The third-order valence-corrected chi connectivity index (χ3v) is 2.60. The van der Waals surface area contributed by atoms with Crippen molar-refractivity contribution in [2.24, 2.45) is 11.8 Å². The van der Waals surface area contributed by atoms with Crippen molar-refractivity contribution >= 4 is 5.97 Å². The normalized spacial score (nSPS) is 33.4. The van der Waals surface area contributed by atoms with Gasteiger partial charge in [-0.05, 0) is 31.6 Å². The van der Waals surface area contributed by atoms with Gasteiger partial charge in [0.25, 0.3) is 0 Å². The van der Waals surface area contributed by atoms with E-state index in [2.05, 4.69) is 12.2 Å². The molecule has 0 aromatic carbocycles. The molecule has 1 aliphatic rings. The Labute approximate surface area is 73.3 Å². The Kier molecular flexibility index (Phi) is 3.32. The second-order valence-electron chi connectivity index (χ2n) is 3.55. The molecule has 0 aliphatic heterocycles. The molecule has 2 nitrogen and oxygen atoms in total. The van der Waals surface area contributed by atoms with Crippen LogP contribution in [0.5, 0.6) is 0 Å². The second kappa shape index (κ2) is 4.29. The van der Waals surface area contributed by atoms with E-state index in [1.807, 2.05) is 6.92 Å². The van der Waals surface area contributed by atoms with E-state index in [0.29, 0.717) is 5.92 Å². The predicted octanol–water partition coefficient (Wildman–Crippen LogP) is 2.45. The van der Waals surface area contributed by atoms with Gasteiger partial charge in [-0.3, -0.25) is 4.79 Å². The van der Waals surface area contributed by atoms with E-state index >= 15 is 0 Å². The fourth-order valence-corrected chi connectivity index (χ4v) is 1.72. The number of hydrogen-bond donors (Lipinski definition) is 1. The van der Waals surface area contributed by atoms with Crippen LogP contribution in [0.25, 0.3) is 0 Å². The number of rotatable bonds is 1. The molecule has 0 saturated carbocycles. The zero-order valence-corrected chi connectivity index (χ0v) is 7.49. The SMILES string of the molecule is C[C@@H]1CC/C=C\CC[C@@H]1C(=O)O. The number of aliphatic carboxylic acids is 1. The van der Waals surface area contributed by atoms with E-state index in [4.69, 9.17) is 5.11 Å². The van der Waals surface area contributed by atoms with E-state index in [0.717, 1.165) is 25.7 Å². The van der Waals surface area contributed by atoms with Gasteiger partial charge < -0.3 is 5.11 Å². The zero-order chi connectivity index (χ0) is 8.97. The molecule has 0 aromatic heterocycles. The second-order valence-corrected chi connectivity index (χ2v) is 3.55. The topological polar surface area (TPSA) is 37.3 Å². The van der Waals surface area contributed by atoms with E-state index < -0.39 is 5.97 Å². The molecule has 0 bridgehead atoms. The van der Waals surface area contributed by atoms with Gasteiger partial charge in [0, 0.05) is 0 Å². The predicted molar refractivity (Wildman–Crippen MR) is 47.9 cm³/mol. The van der Waals surface area contributed by atoms with Crippen molar-refractivity contribution in [2.75, 3.05) is 0 Å². The number of carboxylic acids is 1. The third-order valence-electron chi connectivity index (χ3n) is 2.60. The van der Waals surface area contributed by atoms with Crippen LogP contribution in [0.2, 0.25) is 0 Å². The standard InChI is InChI=1S/C10H16O2/c1-8-6-4-2-3-5-7-9(8)10(11)12/h2-3,8-9H,4-7H2,1H3,(H,11,12)/b3-2-/t8-,9+/m1/s1. The Balaban J connectivity index is 2.58. The highest BCUT2D eigenvalue weighted by Crippen LogP contribution is 2.24. The summed E-state index contributed by atoms with van der Waals surface area (Å²) >= 11 is 0. The molecule has 1 rings (SSSR count). The molecule has 0 saturated heterocycles. The van der Waals surface area contributed by atoms with Gasteiger partial charge in [-0.2, -0.15) is 0 Å². The van der Waals surface area contributed by atoms with E-state index in [1.54, 1.807) is 0 Å². The number of hydrogen-bond acceptors (Lipinski definition) is 1. The Morgan fingerprint density at radius 2 is 1.92 bits per heavy atom. The molecule has 2 heteroatoms. The van der Waals surface area contributed by atoms with Crippen LogP contribution in [-0.4, -0.2) is 11.1 Å². The van der Waals surface area contributed by atoms with Gasteiger partial charge in [0.15, 0.2) is 0 Å². The van der Waals surface area contributed by atoms with Crippen LogP contribution in [0.15, 0.2) is 12.2 Å². The van der Waals surface area contributed by atoms with E-state index in [-0.39, 0.29) is 5.92 Å². The van der Waals surface area contributed by atoms with Gasteiger partial charge in [0.05, 0.1) is 5.92 Å². The summed E-state index contributed by atoms with van der Waals surface area (Å²) in [5.74, 6) is -0.430. The maximum Gasteiger partial charge on any atom is 0.306 e. The highest BCUT2D eigenvalue weighted by Gasteiger charge is 2.23. The lowest BCUT2D eigenvalue weighted by molar-refractivity contribution is -0.143. The highest BCUT2D eigenvalue weighted by molar-refractivity contribution is 5.70. The molecule has 0 amide bonds. The van der Waals surface area contributed by atoms with Gasteiger partial charge in [0.1, 0.15) is 0 Å². The van der Waals surface area contributed by atoms with Gasteiger partial charge in [0.2, 0.25) is 0 Å². The molecule has 2 atom stereocenters. The number of allylic oxidation sites excluding steroid dienone is 2. The molecular formula is C10H16O2. The summed E-state index contributed by atoms with van der Waals surface area (Å²) in [6.07, 6.45) is 8.02. The lowest BCUT2D eigenvalue weighted by Gasteiger charge is -2.20. The summed E-state index contributed by atoms with van der Waals surface area (Å²) in [6, 6.07) is 0. The van der Waals surface area contributed by atoms with Gasteiger partial charge in [-0.25, -0.2) is 0 Å². The maximum absolute atomic E-state index is 10.8. The largest absolute Gasteiger partial charge is 0.481 e. The van der Waals surface area contributed by atoms with Crippen LogP contribution in [0.1, 0.15) is 32.6 Å². The highest BCUT2D eigenvalue weighted by atomic mass is 16.4. The first kappa shape index (κ1) is 9.30. The van der Waals surface area contributed by atoms with Crippen molar-refractivity contribution in [3.05, 3.63) is 12.2 Å². The summed E-state index contributed by atoms with van der Waals surface area (Å²) in [5, 5.41) is 8.90. The smallest absolute Gasteiger partial charge is 0.306 e. The minimum atomic E-state index is -0.627. The van der Waals surface area contributed by atoms with Crippen LogP contribution in [-0.2, 0) is 4.79 Å². The molecule has 12 heavy (non-hydrogen) atoms. The first-order valence-electron chi connectivity index (χ1n) is 4.59. The fraction of sp³-hybridized carbons (Fsp3) is 0.700. The number of carboxylic acid groups (broad SMARTS) is 1. The first-order chi connectivity index (χ1) is 5.72. The van der Waals surface area contributed by atoms with Gasteiger partial charge in [-0.1, -0.05) is 19.1 Å². The molecule has 0 heterocycles.